The lowest BCUT2D eigenvalue weighted by molar-refractivity contribution is 0.0602. The van der Waals surface area contributed by atoms with Crippen molar-refractivity contribution in [2.24, 2.45) is 0 Å². The Balaban J connectivity index is 2.16. The zero-order valence-electron chi connectivity index (χ0n) is 11.7. The molecule has 0 spiro atoms. The topological polar surface area (TPSA) is 50.4 Å². The number of aryl methyl sites for hydroxylation is 1. The fourth-order valence-corrected chi connectivity index (χ4v) is 3.24. The lowest BCUT2D eigenvalue weighted by Gasteiger charge is -2.11. The van der Waals surface area contributed by atoms with Crippen molar-refractivity contribution in [2.75, 3.05) is 17.7 Å². The molecule has 0 aliphatic carbocycles. The summed E-state index contributed by atoms with van der Waals surface area (Å²) in [4.78, 5) is 12.7. The number of thiocarbonyl (C=S) groups is 1. The molecule has 2 rings (SSSR count). The molecule has 0 aliphatic heterocycles. The number of rotatable bonds is 3. The van der Waals surface area contributed by atoms with E-state index in [1.807, 2.05) is 6.92 Å². The quantitative estimate of drug-likeness (QED) is 0.587. The molecule has 0 fully saturated rings. The van der Waals surface area contributed by atoms with Crippen LogP contribution in [0.3, 0.4) is 0 Å². The smallest absolute Gasteiger partial charge is 0.340 e. The van der Waals surface area contributed by atoms with Crippen molar-refractivity contribution in [1.29, 1.82) is 0 Å². The van der Waals surface area contributed by atoms with Crippen LogP contribution in [-0.2, 0) is 4.74 Å². The summed E-state index contributed by atoms with van der Waals surface area (Å²) in [6.45, 7) is 1.90. The van der Waals surface area contributed by atoms with E-state index in [0.717, 1.165) is 4.88 Å². The standard InChI is InChI=1S/C14H12Cl2N2O2S2/c1-7-5-9(13(19)20-2)12(22-7)18-14(21)17-11-6-8(15)3-4-10(11)16/h3-6H,1-2H3,(H2,17,18,21). The summed E-state index contributed by atoms with van der Waals surface area (Å²) < 4.78 is 4.75. The minimum absolute atomic E-state index is 0.302. The van der Waals surface area contributed by atoms with E-state index in [2.05, 4.69) is 10.6 Å². The Bertz CT molecular complexity index is 732. The normalized spacial score (nSPS) is 10.2. The molecule has 0 saturated carbocycles. The van der Waals surface area contributed by atoms with Gasteiger partial charge >= 0.3 is 5.97 Å². The van der Waals surface area contributed by atoms with Gasteiger partial charge in [0, 0.05) is 9.90 Å². The van der Waals surface area contributed by atoms with Gasteiger partial charge in [-0.3, -0.25) is 0 Å². The van der Waals surface area contributed by atoms with Gasteiger partial charge < -0.3 is 15.4 Å². The highest BCUT2D eigenvalue weighted by Crippen LogP contribution is 2.29. The Hall–Kier alpha value is -1.34. The summed E-state index contributed by atoms with van der Waals surface area (Å²) >= 11 is 18.6. The molecule has 0 saturated heterocycles. The van der Waals surface area contributed by atoms with Gasteiger partial charge in [-0.2, -0.15) is 0 Å². The second-order valence-electron chi connectivity index (χ2n) is 4.29. The van der Waals surface area contributed by atoms with Crippen LogP contribution in [0.25, 0.3) is 0 Å². The van der Waals surface area contributed by atoms with Crippen molar-refractivity contribution in [2.45, 2.75) is 6.92 Å². The molecular formula is C14H12Cl2N2O2S2. The second-order valence-corrected chi connectivity index (χ2v) is 6.80. The molecule has 0 amide bonds. The number of anilines is 2. The number of methoxy groups -OCH3 is 1. The molecule has 8 heteroatoms. The number of ether oxygens (including phenoxy) is 1. The molecule has 0 unspecified atom stereocenters. The first kappa shape index (κ1) is 17.0. The maximum absolute atomic E-state index is 11.7. The van der Waals surface area contributed by atoms with E-state index in [4.69, 9.17) is 40.2 Å². The Morgan fingerprint density at radius 1 is 1.27 bits per heavy atom. The maximum Gasteiger partial charge on any atom is 0.340 e. The zero-order valence-corrected chi connectivity index (χ0v) is 14.8. The van der Waals surface area contributed by atoms with Crippen LogP contribution in [0.15, 0.2) is 24.3 Å². The highest BCUT2D eigenvalue weighted by Gasteiger charge is 2.16. The van der Waals surface area contributed by atoms with Crippen LogP contribution in [0.5, 0.6) is 0 Å². The summed E-state index contributed by atoms with van der Waals surface area (Å²) in [7, 11) is 1.33. The van der Waals surface area contributed by atoms with Gasteiger partial charge in [0.1, 0.15) is 5.00 Å². The summed E-state index contributed by atoms with van der Waals surface area (Å²) in [5, 5.41) is 7.87. The summed E-state index contributed by atoms with van der Waals surface area (Å²) in [6, 6.07) is 6.76. The van der Waals surface area contributed by atoms with Crippen molar-refractivity contribution in [1.82, 2.24) is 0 Å². The fraction of sp³-hybridized carbons (Fsp3) is 0.143. The predicted octanol–water partition coefficient (Wildman–Crippen LogP) is 4.96. The van der Waals surface area contributed by atoms with Gasteiger partial charge in [0.25, 0.3) is 0 Å². The van der Waals surface area contributed by atoms with Crippen LogP contribution in [0.4, 0.5) is 10.7 Å². The second kappa shape index (κ2) is 7.28. The van der Waals surface area contributed by atoms with E-state index in [-0.39, 0.29) is 0 Å². The molecule has 0 radical (unpaired) electrons. The molecule has 1 aromatic heterocycles. The van der Waals surface area contributed by atoms with Gasteiger partial charge in [-0.05, 0) is 43.4 Å². The van der Waals surface area contributed by atoms with E-state index in [0.29, 0.717) is 31.4 Å². The summed E-state index contributed by atoms with van der Waals surface area (Å²) in [6.07, 6.45) is 0. The molecule has 1 heterocycles. The molecule has 0 bridgehead atoms. The number of hydrogen-bond donors (Lipinski definition) is 2. The number of esters is 1. The van der Waals surface area contributed by atoms with E-state index in [1.165, 1.54) is 18.4 Å². The number of carbonyl (C=O) groups is 1. The molecule has 22 heavy (non-hydrogen) atoms. The first-order valence-corrected chi connectivity index (χ1v) is 8.10. The Morgan fingerprint density at radius 3 is 2.68 bits per heavy atom. The number of carbonyl (C=O) groups excluding carboxylic acids is 1. The number of benzene rings is 1. The van der Waals surface area contributed by atoms with Crippen LogP contribution < -0.4 is 10.6 Å². The van der Waals surface area contributed by atoms with Crippen molar-refractivity contribution < 1.29 is 9.53 Å². The summed E-state index contributed by atoms with van der Waals surface area (Å²) in [5.74, 6) is -0.421. The van der Waals surface area contributed by atoms with Crippen LogP contribution in [0.1, 0.15) is 15.2 Å². The average molecular weight is 375 g/mol. The van der Waals surface area contributed by atoms with E-state index >= 15 is 0 Å². The van der Waals surface area contributed by atoms with Gasteiger partial charge in [0.15, 0.2) is 5.11 Å². The third-order valence-electron chi connectivity index (χ3n) is 2.66. The van der Waals surface area contributed by atoms with Gasteiger partial charge in [0.2, 0.25) is 0 Å². The lowest BCUT2D eigenvalue weighted by atomic mass is 10.3. The number of nitrogens with one attached hydrogen (secondary N) is 2. The number of hydrogen-bond acceptors (Lipinski definition) is 4. The molecule has 0 atom stereocenters. The van der Waals surface area contributed by atoms with Gasteiger partial charge in [0.05, 0.1) is 23.4 Å². The molecular weight excluding hydrogens is 363 g/mol. The monoisotopic (exact) mass is 374 g/mol. The fourth-order valence-electron chi connectivity index (χ4n) is 1.72. The predicted molar refractivity (Wildman–Crippen MR) is 96.7 cm³/mol. The third-order valence-corrected chi connectivity index (χ3v) is 4.40. The van der Waals surface area contributed by atoms with Crippen molar-refractivity contribution in [3.05, 3.63) is 44.8 Å². The highest BCUT2D eigenvalue weighted by molar-refractivity contribution is 7.80. The van der Waals surface area contributed by atoms with Crippen LogP contribution >= 0.6 is 46.8 Å². The van der Waals surface area contributed by atoms with Crippen LogP contribution in [0, 0.1) is 6.92 Å². The molecule has 4 nitrogen and oxygen atoms in total. The number of halogens is 2. The molecule has 116 valence electrons. The van der Waals surface area contributed by atoms with Crippen molar-refractivity contribution >= 4 is 68.5 Å². The van der Waals surface area contributed by atoms with Gasteiger partial charge in [-0.15, -0.1) is 11.3 Å². The first-order chi connectivity index (χ1) is 10.4. The average Bonchev–Trinajstić information content (AvgIpc) is 2.82. The minimum Gasteiger partial charge on any atom is -0.465 e. The Morgan fingerprint density at radius 2 is 2.00 bits per heavy atom. The third kappa shape index (κ3) is 4.10. The van der Waals surface area contributed by atoms with Crippen molar-refractivity contribution in [3.8, 4) is 0 Å². The molecule has 0 aliphatic rings. The van der Waals surface area contributed by atoms with Gasteiger partial charge in [-0.1, -0.05) is 23.2 Å². The van der Waals surface area contributed by atoms with E-state index in [1.54, 1.807) is 24.3 Å². The lowest BCUT2D eigenvalue weighted by Crippen LogP contribution is -2.20. The Labute approximate surface area is 147 Å². The van der Waals surface area contributed by atoms with E-state index in [9.17, 15) is 4.79 Å². The number of thiophene rings is 1. The van der Waals surface area contributed by atoms with Gasteiger partial charge in [-0.25, -0.2) is 4.79 Å². The highest BCUT2D eigenvalue weighted by atomic mass is 35.5. The van der Waals surface area contributed by atoms with Crippen molar-refractivity contribution in [3.63, 3.8) is 0 Å². The molecule has 1 aromatic carbocycles. The largest absolute Gasteiger partial charge is 0.465 e. The van der Waals surface area contributed by atoms with Crippen LogP contribution in [-0.4, -0.2) is 18.2 Å². The maximum atomic E-state index is 11.7. The Kier molecular flexibility index (Phi) is 5.63. The minimum atomic E-state index is -0.421. The SMILES string of the molecule is COC(=O)c1cc(C)sc1NC(=S)Nc1cc(Cl)ccc1Cl. The first-order valence-electron chi connectivity index (χ1n) is 6.12. The molecule has 2 N–H and O–H groups in total. The van der Waals surface area contributed by atoms with Crippen LogP contribution in [0.2, 0.25) is 10.0 Å². The zero-order chi connectivity index (χ0) is 16.3. The summed E-state index contributed by atoms with van der Waals surface area (Å²) in [5.41, 5.74) is 1.02. The molecule has 2 aromatic rings. The van der Waals surface area contributed by atoms with E-state index < -0.39 is 5.97 Å².